The quantitative estimate of drug-likeness (QED) is 0.845. The Balaban J connectivity index is 1.98. The van der Waals surface area contributed by atoms with Crippen molar-refractivity contribution in [1.82, 2.24) is 9.97 Å². The van der Waals surface area contributed by atoms with Gasteiger partial charge in [0.15, 0.2) is 6.10 Å². The maximum atomic E-state index is 13.9. The average molecular weight is 357 g/mol. The number of morpholine rings is 1. The van der Waals surface area contributed by atoms with Crippen LogP contribution in [0.3, 0.4) is 0 Å². The second kappa shape index (κ2) is 6.93. The Kier molecular flexibility index (Phi) is 4.69. The summed E-state index contributed by atoms with van der Waals surface area (Å²) >= 11 is 0. The third-order valence-corrected chi connectivity index (χ3v) is 4.12. The van der Waals surface area contributed by atoms with Crippen LogP contribution in [0.1, 0.15) is 12.5 Å². The van der Waals surface area contributed by atoms with E-state index in [0.29, 0.717) is 17.1 Å². The molecule has 1 fully saturated rings. The third kappa shape index (κ3) is 3.41. The van der Waals surface area contributed by atoms with Crippen LogP contribution in [0.25, 0.3) is 11.3 Å². The summed E-state index contributed by atoms with van der Waals surface area (Å²) in [5.74, 6) is -1.31. The van der Waals surface area contributed by atoms with Gasteiger partial charge < -0.3 is 20.5 Å². The predicted octanol–water partition coefficient (Wildman–Crippen LogP) is 1.41. The van der Waals surface area contributed by atoms with Gasteiger partial charge in [0.05, 0.1) is 30.5 Å². The number of aliphatic carboxylic acids is 1. The molecule has 9 heteroatoms. The maximum Gasteiger partial charge on any atom is 0.334 e. The number of nitrogens with zero attached hydrogens (tertiary/aromatic N) is 4. The van der Waals surface area contributed by atoms with Gasteiger partial charge in [0.2, 0.25) is 5.95 Å². The zero-order valence-electron chi connectivity index (χ0n) is 13.9. The number of halogens is 1. The Morgan fingerprint density at radius 3 is 2.88 bits per heavy atom. The molecule has 0 aliphatic carbocycles. The third-order valence-electron chi connectivity index (χ3n) is 4.12. The molecule has 1 aliphatic rings. The lowest BCUT2D eigenvalue weighted by molar-refractivity contribution is -0.151. The monoisotopic (exact) mass is 357 g/mol. The van der Waals surface area contributed by atoms with Gasteiger partial charge in [-0.15, -0.1) is 0 Å². The molecule has 26 heavy (non-hydrogen) atoms. The molecule has 3 rings (SSSR count). The highest BCUT2D eigenvalue weighted by atomic mass is 19.1. The van der Waals surface area contributed by atoms with Crippen LogP contribution in [0.4, 0.5) is 16.2 Å². The lowest BCUT2D eigenvalue weighted by Gasteiger charge is -2.37. The Bertz CT molecular complexity index is 898. The number of carboxylic acid groups (broad SMARTS) is 1. The summed E-state index contributed by atoms with van der Waals surface area (Å²) in [5.41, 5.74) is 6.54. The molecule has 1 saturated heterocycles. The average Bonchev–Trinajstić information content (AvgIpc) is 2.61. The predicted molar refractivity (Wildman–Crippen MR) is 90.7 cm³/mol. The van der Waals surface area contributed by atoms with E-state index in [1.165, 1.54) is 12.1 Å². The summed E-state index contributed by atoms with van der Waals surface area (Å²) in [7, 11) is 0. The molecule has 0 radical (unpaired) electrons. The highest BCUT2D eigenvalue weighted by molar-refractivity contribution is 5.74. The van der Waals surface area contributed by atoms with Crippen molar-refractivity contribution in [3.05, 3.63) is 35.6 Å². The summed E-state index contributed by atoms with van der Waals surface area (Å²) in [6, 6.07) is 7.38. The molecule has 0 amide bonds. The van der Waals surface area contributed by atoms with E-state index in [4.69, 9.17) is 15.7 Å². The number of nitriles is 1. The van der Waals surface area contributed by atoms with Gasteiger partial charge in [0, 0.05) is 11.6 Å². The second-order valence-corrected chi connectivity index (χ2v) is 5.94. The van der Waals surface area contributed by atoms with Gasteiger partial charge in [-0.2, -0.15) is 10.2 Å². The Hall–Kier alpha value is -3.25. The van der Waals surface area contributed by atoms with Crippen molar-refractivity contribution in [3.8, 4) is 17.3 Å². The number of ether oxygens (including phenoxy) is 1. The second-order valence-electron chi connectivity index (χ2n) is 5.94. The summed E-state index contributed by atoms with van der Waals surface area (Å²) < 4.78 is 19.2. The number of carbonyl (C=O) groups is 1. The Morgan fingerprint density at radius 1 is 1.46 bits per heavy atom. The van der Waals surface area contributed by atoms with Gasteiger partial charge in [-0.3, -0.25) is 0 Å². The number of anilines is 2. The fourth-order valence-corrected chi connectivity index (χ4v) is 2.74. The van der Waals surface area contributed by atoms with Crippen LogP contribution in [-0.4, -0.2) is 46.3 Å². The van der Waals surface area contributed by atoms with Crippen molar-refractivity contribution in [2.45, 2.75) is 19.1 Å². The van der Waals surface area contributed by atoms with Crippen LogP contribution >= 0.6 is 0 Å². The minimum absolute atomic E-state index is 0.0205. The molecule has 3 N–H and O–H groups in total. The van der Waals surface area contributed by atoms with E-state index in [9.17, 15) is 14.3 Å². The Labute approximate surface area is 148 Å². The van der Waals surface area contributed by atoms with Crippen LogP contribution in [0.2, 0.25) is 0 Å². The summed E-state index contributed by atoms with van der Waals surface area (Å²) in [4.78, 5) is 21.3. The zero-order chi connectivity index (χ0) is 18.8. The fourth-order valence-electron chi connectivity index (χ4n) is 2.74. The van der Waals surface area contributed by atoms with Crippen LogP contribution < -0.4 is 10.6 Å². The van der Waals surface area contributed by atoms with E-state index >= 15 is 0 Å². The van der Waals surface area contributed by atoms with Gasteiger partial charge in [-0.25, -0.2) is 14.2 Å². The molecule has 1 aromatic carbocycles. The SMILES string of the molecule is CC1COC(C(=O)O)CN1c1cc(-c2ccc(C#N)c(F)c2)nc(N)n1. The zero-order valence-corrected chi connectivity index (χ0v) is 13.9. The molecule has 0 spiro atoms. The lowest BCUT2D eigenvalue weighted by atomic mass is 10.1. The molecule has 1 aliphatic heterocycles. The van der Waals surface area contributed by atoms with Crippen LogP contribution in [0.15, 0.2) is 24.3 Å². The number of aromatic nitrogens is 2. The molecule has 8 nitrogen and oxygen atoms in total. The van der Waals surface area contributed by atoms with E-state index in [1.54, 1.807) is 23.1 Å². The maximum absolute atomic E-state index is 13.9. The summed E-state index contributed by atoms with van der Waals surface area (Å²) in [5, 5.41) is 18.0. The van der Waals surface area contributed by atoms with Gasteiger partial charge >= 0.3 is 5.97 Å². The molecule has 0 saturated carbocycles. The number of nitrogen functional groups attached to an aromatic ring is 1. The number of hydrogen-bond acceptors (Lipinski definition) is 7. The van der Waals surface area contributed by atoms with E-state index in [1.807, 2.05) is 6.92 Å². The fraction of sp³-hybridized carbons (Fsp3) is 0.294. The molecular formula is C17H16FN5O3. The molecule has 2 atom stereocenters. The van der Waals surface area contributed by atoms with Crippen molar-refractivity contribution in [2.24, 2.45) is 0 Å². The van der Waals surface area contributed by atoms with Crippen molar-refractivity contribution < 1.29 is 19.0 Å². The molecule has 2 heterocycles. The highest BCUT2D eigenvalue weighted by Crippen LogP contribution is 2.27. The normalized spacial score (nSPS) is 19.8. The number of carboxylic acids is 1. The number of rotatable bonds is 3. The molecule has 2 aromatic rings. The van der Waals surface area contributed by atoms with Crippen LogP contribution in [0, 0.1) is 17.1 Å². The van der Waals surface area contributed by atoms with Crippen molar-refractivity contribution in [1.29, 1.82) is 5.26 Å². The molecule has 1 aromatic heterocycles. The van der Waals surface area contributed by atoms with E-state index in [2.05, 4.69) is 9.97 Å². The number of hydrogen-bond donors (Lipinski definition) is 2. The molecule has 134 valence electrons. The highest BCUT2D eigenvalue weighted by Gasteiger charge is 2.31. The minimum atomic E-state index is -1.06. The lowest BCUT2D eigenvalue weighted by Crippen LogP contribution is -2.51. The van der Waals surface area contributed by atoms with Crippen molar-refractivity contribution in [3.63, 3.8) is 0 Å². The summed E-state index contributed by atoms with van der Waals surface area (Å²) in [6.45, 7) is 2.20. The van der Waals surface area contributed by atoms with Crippen LogP contribution in [0.5, 0.6) is 0 Å². The summed E-state index contributed by atoms with van der Waals surface area (Å²) in [6.07, 6.45) is -0.974. The van der Waals surface area contributed by atoms with Gasteiger partial charge in [-0.05, 0) is 19.1 Å². The van der Waals surface area contributed by atoms with Crippen molar-refractivity contribution in [2.75, 3.05) is 23.8 Å². The Morgan fingerprint density at radius 2 is 2.23 bits per heavy atom. The van der Waals surface area contributed by atoms with E-state index in [-0.39, 0.29) is 30.7 Å². The van der Waals surface area contributed by atoms with Gasteiger partial charge in [0.1, 0.15) is 17.7 Å². The standard InChI is InChI=1S/C17H16FN5O3/c1-9-8-26-14(16(24)25)7-23(9)15-5-13(21-17(20)22-15)10-2-3-11(6-19)12(18)4-10/h2-5,9,14H,7-8H2,1H3,(H,24,25)(H2,20,21,22). The smallest absolute Gasteiger partial charge is 0.334 e. The van der Waals surface area contributed by atoms with Gasteiger partial charge in [0.25, 0.3) is 0 Å². The first-order valence-electron chi connectivity index (χ1n) is 7.84. The first-order chi connectivity index (χ1) is 12.4. The van der Waals surface area contributed by atoms with Crippen LogP contribution in [-0.2, 0) is 9.53 Å². The first kappa shape index (κ1) is 17.6. The molecule has 0 bridgehead atoms. The number of nitrogens with two attached hydrogens (primary N) is 1. The largest absolute Gasteiger partial charge is 0.479 e. The topological polar surface area (TPSA) is 125 Å². The van der Waals surface area contributed by atoms with E-state index < -0.39 is 17.9 Å². The molecular weight excluding hydrogens is 341 g/mol. The number of benzene rings is 1. The van der Waals surface area contributed by atoms with E-state index in [0.717, 1.165) is 0 Å². The van der Waals surface area contributed by atoms with Gasteiger partial charge in [-0.1, -0.05) is 6.07 Å². The van der Waals surface area contributed by atoms with Crippen molar-refractivity contribution >= 4 is 17.7 Å². The molecule has 2 unspecified atom stereocenters. The first-order valence-corrected chi connectivity index (χ1v) is 7.84. The minimum Gasteiger partial charge on any atom is -0.479 e.